The topological polar surface area (TPSA) is 72.0 Å². The van der Waals surface area contributed by atoms with E-state index in [4.69, 9.17) is 14.5 Å². The molecule has 0 radical (unpaired) electrons. The fourth-order valence-electron chi connectivity index (χ4n) is 3.70. The van der Waals surface area contributed by atoms with Gasteiger partial charge in [-0.05, 0) is 60.0 Å². The van der Waals surface area contributed by atoms with Crippen LogP contribution in [0.5, 0.6) is 11.5 Å². The molecule has 3 aromatic rings. The lowest BCUT2D eigenvalue weighted by molar-refractivity contribution is 0.262. The Morgan fingerprint density at radius 1 is 0.969 bits per heavy atom. The molecule has 6 nitrogen and oxygen atoms in total. The predicted molar refractivity (Wildman–Crippen MR) is 124 cm³/mol. The highest BCUT2D eigenvalue weighted by atomic mass is 19.1. The Morgan fingerprint density at radius 2 is 1.69 bits per heavy atom. The molecular weight excluding hydrogens is 409 g/mol. The van der Waals surface area contributed by atoms with E-state index in [9.17, 15) is 9.18 Å². The summed E-state index contributed by atoms with van der Waals surface area (Å²) in [4.78, 5) is 16.9. The number of aliphatic imine (C=N–C) groups is 1. The molecule has 0 unspecified atom stereocenters. The monoisotopic (exact) mass is 433 g/mol. The van der Waals surface area contributed by atoms with Crippen molar-refractivity contribution in [3.63, 3.8) is 0 Å². The van der Waals surface area contributed by atoms with Crippen molar-refractivity contribution < 1.29 is 18.7 Å². The minimum atomic E-state index is -0.435. The first-order chi connectivity index (χ1) is 15.6. The van der Waals surface area contributed by atoms with E-state index in [1.807, 2.05) is 36.4 Å². The number of nitrogens with zero attached hydrogens (tertiary/aromatic N) is 1. The number of benzene rings is 3. The summed E-state index contributed by atoms with van der Waals surface area (Å²) in [5.74, 6) is 1.000. The second kappa shape index (κ2) is 9.51. The molecule has 0 fully saturated rings. The molecule has 164 valence electrons. The second-order valence-electron chi connectivity index (χ2n) is 7.41. The predicted octanol–water partition coefficient (Wildman–Crippen LogP) is 5.07. The lowest BCUT2D eigenvalue weighted by Crippen LogP contribution is -2.19. The molecule has 1 aliphatic heterocycles. The van der Waals surface area contributed by atoms with Crippen LogP contribution in [0.15, 0.2) is 65.7 Å². The van der Waals surface area contributed by atoms with Crippen molar-refractivity contribution in [2.75, 3.05) is 31.4 Å². The largest absolute Gasteiger partial charge is 0.493 e. The first-order valence-corrected chi connectivity index (χ1v) is 10.3. The fraction of sp³-hybridized carbons (Fsp3) is 0.200. The lowest BCUT2D eigenvalue weighted by atomic mass is 9.93. The third-order valence-electron chi connectivity index (χ3n) is 5.27. The number of ether oxygens (including phenoxy) is 2. The third-order valence-corrected chi connectivity index (χ3v) is 5.27. The van der Waals surface area contributed by atoms with Gasteiger partial charge in [0.25, 0.3) is 0 Å². The van der Waals surface area contributed by atoms with Crippen molar-refractivity contribution in [1.82, 2.24) is 0 Å². The number of rotatable bonds is 6. The summed E-state index contributed by atoms with van der Waals surface area (Å²) in [5.41, 5.74) is 5.37. The molecule has 1 aliphatic rings. The number of methoxy groups -OCH3 is 2. The average molecular weight is 433 g/mol. The van der Waals surface area contributed by atoms with E-state index >= 15 is 0 Å². The van der Waals surface area contributed by atoms with Gasteiger partial charge in [-0.1, -0.05) is 18.2 Å². The van der Waals surface area contributed by atoms with Crippen LogP contribution in [0.25, 0.3) is 0 Å². The summed E-state index contributed by atoms with van der Waals surface area (Å²) >= 11 is 0. The Balaban J connectivity index is 1.43. The molecule has 2 amide bonds. The van der Waals surface area contributed by atoms with Crippen molar-refractivity contribution in [2.45, 2.75) is 12.8 Å². The van der Waals surface area contributed by atoms with E-state index < -0.39 is 11.8 Å². The SMILES string of the molecule is COc1cc2c(cc1OC)C(Cc1ccc(NC(=O)Nc3cccc(F)c3)cc1)=NCC2. The summed E-state index contributed by atoms with van der Waals surface area (Å²) in [6, 6.07) is 16.9. The number of fused-ring (bicyclic) bond motifs is 1. The Labute approximate surface area is 186 Å². The van der Waals surface area contributed by atoms with E-state index in [-0.39, 0.29) is 0 Å². The molecule has 3 aromatic carbocycles. The van der Waals surface area contributed by atoms with Crippen LogP contribution in [0.3, 0.4) is 0 Å². The van der Waals surface area contributed by atoms with Crippen molar-refractivity contribution in [2.24, 2.45) is 4.99 Å². The molecule has 4 rings (SSSR count). The third kappa shape index (κ3) is 4.88. The average Bonchev–Trinajstić information content (AvgIpc) is 2.79. The lowest BCUT2D eigenvalue weighted by Gasteiger charge is -2.20. The molecule has 0 aromatic heterocycles. The molecule has 7 heteroatoms. The minimum Gasteiger partial charge on any atom is -0.493 e. The maximum Gasteiger partial charge on any atom is 0.323 e. The van der Waals surface area contributed by atoms with Crippen molar-refractivity contribution in [3.8, 4) is 11.5 Å². The van der Waals surface area contributed by atoms with Gasteiger partial charge in [0, 0.05) is 35.6 Å². The number of amides is 2. The molecule has 1 heterocycles. The van der Waals surface area contributed by atoms with Crippen molar-refractivity contribution in [3.05, 3.63) is 83.2 Å². The highest BCUT2D eigenvalue weighted by Crippen LogP contribution is 2.33. The number of hydrogen-bond donors (Lipinski definition) is 2. The highest BCUT2D eigenvalue weighted by Gasteiger charge is 2.18. The Morgan fingerprint density at radius 3 is 2.41 bits per heavy atom. The summed E-state index contributed by atoms with van der Waals surface area (Å²) in [7, 11) is 3.26. The summed E-state index contributed by atoms with van der Waals surface area (Å²) in [5, 5.41) is 5.36. The van der Waals surface area contributed by atoms with Gasteiger partial charge in [-0.25, -0.2) is 9.18 Å². The van der Waals surface area contributed by atoms with Crippen LogP contribution < -0.4 is 20.1 Å². The summed E-state index contributed by atoms with van der Waals surface area (Å²) in [6.45, 7) is 0.734. The molecule has 0 spiro atoms. The van der Waals surface area contributed by atoms with E-state index in [0.717, 1.165) is 35.6 Å². The minimum absolute atomic E-state index is 0.389. The van der Waals surface area contributed by atoms with Crippen LogP contribution in [0.2, 0.25) is 0 Å². The quantitative estimate of drug-likeness (QED) is 0.570. The first-order valence-electron chi connectivity index (χ1n) is 10.3. The number of nitrogens with one attached hydrogen (secondary N) is 2. The van der Waals surface area contributed by atoms with Crippen LogP contribution in [0.4, 0.5) is 20.6 Å². The normalized spacial score (nSPS) is 12.4. The van der Waals surface area contributed by atoms with Crippen LogP contribution in [-0.2, 0) is 12.8 Å². The van der Waals surface area contributed by atoms with E-state index in [1.54, 1.807) is 20.3 Å². The van der Waals surface area contributed by atoms with Crippen LogP contribution in [0, 0.1) is 5.82 Å². The molecule has 2 N–H and O–H groups in total. The van der Waals surface area contributed by atoms with E-state index in [1.165, 1.54) is 23.8 Å². The zero-order valence-electron chi connectivity index (χ0n) is 17.9. The van der Waals surface area contributed by atoms with Gasteiger partial charge < -0.3 is 20.1 Å². The maximum atomic E-state index is 13.3. The van der Waals surface area contributed by atoms with Gasteiger partial charge in [-0.3, -0.25) is 4.99 Å². The molecule has 0 atom stereocenters. The number of hydrogen-bond acceptors (Lipinski definition) is 4. The van der Waals surface area contributed by atoms with Gasteiger partial charge in [0.2, 0.25) is 0 Å². The van der Waals surface area contributed by atoms with Gasteiger partial charge in [0.15, 0.2) is 11.5 Å². The number of halogens is 1. The number of anilines is 2. The Bertz CT molecular complexity index is 1160. The van der Waals surface area contributed by atoms with Gasteiger partial charge in [0.1, 0.15) is 5.82 Å². The zero-order chi connectivity index (χ0) is 22.5. The second-order valence-corrected chi connectivity index (χ2v) is 7.41. The fourth-order valence-corrected chi connectivity index (χ4v) is 3.70. The maximum absolute atomic E-state index is 13.3. The standard InChI is InChI=1S/C25H24FN3O3/c1-31-23-13-17-10-11-27-22(21(17)15-24(23)32-2)12-16-6-8-19(9-7-16)28-25(30)29-20-5-3-4-18(26)14-20/h3-9,13-15H,10-12H2,1-2H3,(H2,28,29,30). The Kier molecular flexibility index (Phi) is 6.35. The number of urea groups is 1. The van der Waals surface area contributed by atoms with Gasteiger partial charge in [0.05, 0.1) is 14.2 Å². The molecule has 0 saturated carbocycles. The zero-order valence-corrected chi connectivity index (χ0v) is 17.9. The summed E-state index contributed by atoms with van der Waals surface area (Å²) < 4.78 is 24.1. The van der Waals surface area contributed by atoms with E-state index in [2.05, 4.69) is 10.6 Å². The Hall–Kier alpha value is -3.87. The van der Waals surface area contributed by atoms with Crippen LogP contribution in [-0.4, -0.2) is 32.5 Å². The highest BCUT2D eigenvalue weighted by molar-refractivity contribution is 6.04. The number of carbonyl (C=O) groups excluding carboxylic acids is 1. The van der Waals surface area contributed by atoms with Gasteiger partial charge in [-0.15, -0.1) is 0 Å². The van der Waals surface area contributed by atoms with Crippen molar-refractivity contribution >= 4 is 23.1 Å². The van der Waals surface area contributed by atoms with Crippen molar-refractivity contribution in [1.29, 1.82) is 0 Å². The number of carbonyl (C=O) groups is 1. The molecule has 0 aliphatic carbocycles. The smallest absolute Gasteiger partial charge is 0.323 e. The first kappa shape index (κ1) is 21.4. The molecular formula is C25H24FN3O3. The molecule has 0 saturated heterocycles. The summed E-state index contributed by atoms with van der Waals surface area (Å²) in [6.07, 6.45) is 1.53. The van der Waals surface area contributed by atoms with Gasteiger partial charge >= 0.3 is 6.03 Å². The van der Waals surface area contributed by atoms with Crippen LogP contribution >= 0.6 is 0 Å². The van der Waals surface area contributed by atoms with Crippen LogP contribution in [0.1, 0.15) is 16.7 Å². The van der Waals surface area contributed by atoms with E-state index in [0.29, 0.717) is 23.5 Å². The molecule has 32 heavy (non-hydrogen) atoms. The molecule has 0 bridgehead atoms. The van der Waals surface area contributed by atoms with Gasteiger partial charge in [-0.2, -0.15) is 0 Å².